The highest BCUT2D eigenvalue weighted by Crippen LogP contribution is 2.22. The fourth-order valence-corrected chi connectivity index (χ4v) is 3.86. The molecule has 4 rings (SSSR count). The number of aromatic amines is 1. The molecule has 0 spiro atoms. The van der Waals surface area contributed by atoms with Gasteiger partial charge in [0, 0.05) is 17.4 Å². The van der Waals surface area contributed by atoms with E-state index in [1.807, 2.05) is 36.4 Å². The van der Waals surface area contributed by atoms with Gasteiger partial charge in [-0.25, -0.2) is 4.39 Å². The maximum Gasteiger partial charge on any atom is 0.275 e. The van der Waals surface area contributed by atoms with Crippen LogP contribution in [0.1, 0.15) is 36.2 Å². The van der Waals surface area contributed by atoms with E-state index in [0.717, 1.165) is 36.9 Å². The van der Waals surface area contributed by atoms with Crippen LogP contribution in [0.2, 0.25) is 0 Å². The first-order valence-electron chi connectivity index (χ1n) is 10.2. The fraction of sp³-hybridized carbons (Fsp3) is 0.250. The largest absolute Gasteiger partial charge is 0.352 e. The molecule has 2 N–H and O–H groups in total. The maximum absolute atomic E-state index is 13.8. The van der Waals surface area contributed by atoms with Gasteiger partial charge in [0.05, 0.1) is 0 Å². The van der Waals surface area contributed by atoms with E-state index in [2.05, 4.69) is 10.3 Å². The number of anilines is 1. The van der Waals surface area contributed by atoms with E-state index in [1.54, 1.807) is 12.1 Å². The van der Waals surface area contributed by atoms with Crippen LogP contribution in [0.5, 0.6) is 0 Å². The lowest BCUT2D eigenvalue weighted by molar-refractivity contribution is -0.120. The van der Waals surface area contributed by atoms with E-state index in [4.69, 9.17) is 0 Å². The number of carbonyl (C=O) groups excluding carboxylic acids is 2. The highest BCUT2D eigenvalue weighted by atomic mass is 19.1. The molecule has 0 radical (unpaired) electrons. The SMILES string of the molecule is O=C(CN(C(=O)c1ccc(-c2ccccc2)[nH]1)c1cccc(F)c1)NC1CCCC1. The number of hydrogen-bond donors (Lipinski definition) is 2. The van der Waals surface area contributed by atoms with Crippen LogP contribution < -0.4 is 10.2 Å². The number of halogens is 1. The smallest absolute Gasteiger partial charge is 0.275 e. The number of rotatable bonds is 6. The van der Waals surface area contributed by atoms with Gasteiger partial charge < -0.3 is 10.3 Å². The summed E-state index contributed by atoms with van der Waals surface area (Å²) >= 11 is 0. The van der Waals surface area contributed by atoms with Crippen LogP contribution in [0.25, 0.3) is 11.3 Å². The Balaban J connectivity index is 1.57. The summed E-state index contributed by atoms with van der Waals surface area (Å²) in [6.07, 6.45) is 4.11. The Morgan fingerprint density at radius 2 is 1.77 bits per heavy atom. The second kappa shape index (κ2) is 8.95. The van der Waals surface area contributed by atoms with Crippen molar-refractivity contribution in [3.63, 3.8) is 0 Å². The first-order valence-corrected chi connectivity index (χ1v) is 10.2. The molecule has 154 valence electrons. The third-order valence-corrected chi connectivity index (χ3v) is 5.39. The molecule has 0 bridgehead atoms. The number of benzene rings is 2. The Morgan fingerprint density at radius 3 is 2.50 bits per heavy atom. The van der Waals surface area contributed by atoms with Gasteiger partial charge in [0.25, 0.3) is 5.91 Å². The van der Waals surface area contributed by atoms with Gasteiger partial charge in [0.15, 0.2) is 0 Å². The van der Waals surface area contributed by atoms with E-state index in [1.165, 1.54) is 23.1 Å². The molecule has 6 heteroatoms. The zero-order valence-electron chi connectivity index (χ0n) is 16.6. The van der Waals surface area contributed by atoms with Crippen molar-refractivity contribution in [3.05, 3.63) is 78.2 Å². The molecule has 1 aliphatic rings. The van der Waals surface area contributed by atoms with Crippen molar-refractivity contribution < 1.29 is 14.0 Å². The van der Waals surface area contributed by atoms with Crippen LogP contribution in [0, 0.1) is 5.82 Å². The summed E-state index contributed by atoms with van der Waals surface area (Å²) in [5, 5.41) is 2.99. The zero-order valence-corrected chi connectivity index (χ0v) is 16.6. The Hall–Kier alpha value is -3.41. The number of amides is 2. The van der Waals surface area contributed by atoms with E-state index in [9.17, 15) is 14.0 Å². The molecule has 0 unspecified atom stereocenters. The highest BCUT2D eigenvalue weighted by molar-refractivity contribution is 6.08. The number of aromatic nitrogens is 1. The Labute approximate surface area is 174 Å². The second-order valence-electron chi connectivity index (χ2n) is 7.57. The van der Waals surface area contributed by atoms with Crippen LogP contribution in [-0.4, -0.2) is 29.4 Å². The summed E-state index contributed by atoms with van der Waals surface area (Å²) in [4.78, 5) is 30.3. The lowest BCUT2D eigenvalue weighted by Crippen LogP contribution is -2.43. The summed E-state index contributed by atoms with van der Waals surface area (Å²) in [5.41, 5.74) is 2.44. The lowest BCUT2D eigenvalue weighted by Gasteiger charge is -2.23. The summed E-state index contributed by atoms with van der Waals surface area (Å²) in [5.74, 6) is -1.09. The number of carbonyl (C=O) groups is 2. The monoisotopic (exact) mass is 405 g/mol. The van der Waals surface area contributed by atoms with Gasteiger partial charge in [-0.15, -0.1) is 0 Å². The van der Waals surface area contributed by atoms with Crippen molar-refractivity contribution in [2.45, 2.75) is 31.7 Å². The first kappa shape index (κ1) is 19.9. The Kier molecular flexibility index (Phi) is 5.93. The minimum Gasteiger partial charge on any atom is -0.352 e. The van der Waals surface area contributed by atoms with E-state index >= 15 is 0 Å². The van der Waals surface area contributed by atoms with Crippen molar-refractivity contribution in [1.29, 1.82) is 0 Å². The van der Waals surface area contributed by atoms with Gasteiger partial charge in [-0.2, -0.15) is 0 Å². The molecule has 2 amide bonds. The fourth-order valence-electron chi connectivity index (χ4n) is 3.86. The van der Waals surface area contributed by atoms with Crippen LogP contribution in [0.15, 0.2) is 66.7 Å². The minimum atomic E-state index is -0.460. The molecular weight excluding hydrogens is 381 g/mol. The third kappa shape index (κ3) is 4.59. The van der Waals surface area contributed by atoms with E-state index in [0.29, 0.717) is 11.4 Å². The van der Waals surface area contributed by atoms with E-state index < -0.39 is 5.82 Å². The Morgan fingerprint density at radius 1 is 1.00 bits per heavy atom. The van der Waals surface area contributed by atoms with Crippen LogP contribution in [-0.2, 0) is 4.79 Å². The molecule has 1 aromatic heterocycles. The lowest BCUT2D eigenvalue weighted by atomic mass is 10.2. The average molecular weight is 405 g/mol. The number of hydrogen-bond acceptors (Lipinski definition) is 2. The predicted molar refractivity (Wildman–Crippen MR) is 115 cm³/mol. The molecular formula is C24H24FN3O2. The van der Waals surface area contributed by atoms with Crippen LogP contribution in [0.3, 0.4) is 0 Å². The summed E-state index contributed by atoms with van der Waals surface area (Å²) in [6.45, 7) is -0.168. The summed E-state index contributed by atoms with van der Waals surface area (Å²) in [7, 11) is 0. The normalized spacial score (nSPS) is 13.9. The standard InChI is InChI=1S/C24H24FN3O2/c25-18-9-6-12-20(15-18)28(16-23(29)26-19-10-4-5-11-19)24(30)22-14-13-21(27-22)17-7-2-1-3-8-17/h1-3,6-9,12-15,19,27H,4-5,10-11,16H2,(H,26,29). The van der Waals surface area contributed by atoms with Crippen LogP contribution >= 0.6 is 0 Å². The van der Waals surface area contributed by atoms with Crippen molar-refractivity contribution >= 4 is 17.5 Å². The Bertz CT molecular complexity index is 1030. The van der Waals surface area contributed by atoms with Gasteiger partial charge >= 0.3 is 0 Å². The summed E-state index contributed by atoms with van der Waals surface area (Å²) < 4.78 is 13.8. The van der Waals surface area contributed by atoms with E-state index in [-0.39, 0.29) is 24.4 Å². The maximum atomic E-state index is 13.8. The molecule has 5 nitrogen and oxygen atoms in total. The predicted octanol–water partition coefficient (Wildman–Crippen LogP) is 4.53. The molecule has 30 heavy (non-hydrogen) atoms. The van der Waals surface area contributed by atoms with Gasteiger partial charge in [-0.05, 0) is 48.7 Å². The molecule has 1 fully saturated rings. The zero-order chi connectivity index (χ0) is 20.9. The van der Waals surface area contributed by atoms with Gasteiger partial charge in [-0.3, -0.25) is 14.5 Å². The third-order valence-electron chi connectivity index (χ3n) is 5.39. The molecule has 3 aromatic rings. The second-order valence-corrected chi connectivity index (χ2v) is 7.57. The first-order chi connectivity index (χ1) is 14.6. The number of nitrogens with zero attached hydrogens (tertiary/aromatic N) is 1. The molecule has 2 aromatic carbocycles. The minimum absolute atomic E-state index is 0.150. The number of H-pyrrole nitrogens is 1. The van der Waals surface area contributed by atoms with Crippen molar-refractivity contribution in [2.75, 3.05) is 11.4 Å². The molecule has 0 saturated heterocycles. The highest BCUT2D eigenvalue weighted by Gasteiger charge is 2.24. The molecule has 1 heterocycles. The average Bonchev–Trinajstić information content (AvgIpc) is 3.44. The molecule has 1 saturated carbocycles. The van der Waals surface area contributed by atoms with Gasteiger partial charge in [0.1, 0.15) is 18.1 Å². The van der Waals surface area contributed by atoms with Crippen molar-refractivity contribution in [2.24, 2.45) is 0 Å². The van der Waals surface area contributed by atoms with Crippen molar-refractivity contribution in [1.82, 2.24) is 10.3 Å². The van der Waals surface area contributed by atoms with Gasteiger partial charge in [-0.1, -0.05) is 49.2 Å². The van der Waals surface area contributed by atoms with Crippen molar-refractivity contribution in [3.8, 4) is 11.3 Å². The quantitative estimate of drug-likeness (QED) is 0.633. The van der Waals surface area contributed by atoms with Gasteiger partial charge in [0.2, 0.25) is 5.91 Å². The molecule has 1 aliphatic carbocycles. The number of nitrogens with one attached hydrogen (secondary N) is 2. The molecule has 0 aliphatic heterocycles. The van der Waals surface area contributed by atoms with Crippen LogP contribution in [0.4, 0.5) is 10.1 Å². The topological polar surface area (TPSA) is 65.2 Å². The summed E-state index contributed by atoms with van der Waals surface area (Å²) in [6, 6.07) is 19.1. The molecule has 0 atom stereocenters.